The molecule has 4 unspecified atom stereocenters. The van der Waals surface area contributed by atoms with E-state index < -0.39 is 47.9 Å². The van der Waals surface area contributed by atoms with E-state index in [-0.39, 0.29) is 30.8 Å². The number of thioether (sulfide) groups is 2. The lowest BCUT2D eigenvalue weighted by molar-refractivity contribution is -0.142. The van der Waals surface area contributed by atoms with Gasteiger partial charge >= 0.3 is 5.97 Å². The Morgan fingerprint density at radius 1 is 0.683 bits per heavy atom. The minimum Gasteiger partial charge on any atom is -0.508 e. The summed E-state index contributed by atoms with van der Waals surface area (Å²) in [6, 6.07) is 8.08. The van der Waals surface area contributed by atoms with E-state index in [1.807, 2.05) is 12.5 Å². The first kappa shape index (κ1) is 33.8. The van der Waals surface area contributed by atoms with Gasteiger partial charge in [0.05, 0.1) is 6.04 Å². The van der Waals surface area contributed by atoms with Gasteiger partial charge in [0.2, 0.25) is 17.7 Å². The number of carbonyl (C=O) groups excluding carboxylic acids is 3. The predicted octanol–water partition coefficient (Wildman–Crippen LogP) is 1.26. The fraction of sp³-hybridized carbons (Fsp3) is 0.429. The van der Waals surface area contributed by atoms with Crippen molar-refractivity contribution >= 4 is 47.2 Å². The summed E-state index contributed by atoms with van der Waals surface area (Å²) in [5.74, 6) is -1.80. The van der Waals surface area contributed by atoms with E-state index in [2.05, 4.69) is 16.0 Å². The number of amides is 3. The van der Waals surface area contributed by atoms with Crippen LogP contribution in [0.1, 0.15) is 24.0 Å². The van der Waals surface area contributed by atoms with E-state index in [9.17, 15) is 34.5 Å². The van der Waals surface area contributed by atoms with Gasteiger partial charge in [-0.15, -0.1) is 0 Å². The number of rotatable bonds is 17. The Bertz CT molecular complexity index is 1150. The van der Waals surface area contributed by atoms with Crippen LogP contribution in [0.3, 0.4) is 0 Å². The Morgan fingerprint density at radius 3 is 1.49 bits per heavy atom. The first-order valence-corrected chi connectivity index (χ1v) is 15.8. The van der Waals surface area contributed by atoms with Gasteiger partial charge in [-0.25, -0.2) is 4.79 Å². The second kappa shape index (κ2) is 17.4. The molecule has 4 atom stereocenters. The lowest BCUT2D eigenvalue weighted by Gasteiger charge is -2.25. The lowest BCUT2D eigenvalue weighted by Crippen LogP contribution is -2.57. The number of benzene rings is 2. The van der Waals surface area contributed by atoms with Gasteiger partial charge in [0.1, 0.15) is 29.6 Å². The number of phenols is 2. The van der Waals surface area contributed by atoms with Crippen LogP contribution in [0.4, 0.5) is 0 Å². The Hall–Kier alpha value is -3.42. The summed E-state index contributed by atoms with van der Waals surface area (Å²) in [7, 11) is 0. The maximum Gasteiger partial charge on any atom is 0.326 e. The molecule has 2 aromatic rings. The molecule has 11 nitrogen and oxygen atoms in total. The van der Waals surface area contributed by atoms with Crippen molar-refractivity contribution < 1.29 is 34.5 Å². The van der Waals surface area contributed by atoms with E-state index in [1.165, 1.54) is 47.8 Å². The molecule has 8 N–H and O–H groups in total. The van der Waals surface area contributed by atoms with E-state index in [1.54, 1.807) is 24.3 Å². The van der Waals surface area contributed by atoms with Gasteiger partial charge < -0.3 is 37.0 Å². The van der Waals surface area contributed by atoms with Crippen LogP contribution >= 0.6 is 23.5 Å². The number of nitrogens with one attached hydrogen (secondary N) is 3. The van der Waals surface area contributed by atoms with Crippen LogP contribution in [0.2, 0.25) is 0 Å². The molecular formula is C28H38N4O7S2. The SMILES string of the molecule is CSCCC(NC(=O)C(N)Cc1ccc(O)cc1)C(=O)NC(CCSC)C(=O)NC(Cc1ccc(O)cc1)C(=O)O. The molecule has 2 aromatic carbocycles. The highest BCUT2D eigenvalue weighted by molar-refractivity contribution is 7.98. The predicted molar refractivity (Wildman–Crippen MR) is 161 cm³/mol. The molecule has 0 saturated carbocycles. The van der Waals surface area contributed by atoms with E-state index >= 15 is 0 Å². The first-order valence-electron chi connectivity index (χ1n) is 13.0. The molecule has 0 saturated heterocycles. The van der Waals surface area contributed by atoms with Gasteiger partial charge in [-0.05, 0) is 78.7 Å². The third kappa shape index (κ3) is 11.9. The van der Waals surface area contributed by atoms with Crippen LogP contribution in [0.15, 0.2) is 48.5 Å². The molecule has 0 bridgehead atoms. The minimum absolute atomic E-state index is 0.0180. The van der Waals surface area contributed by atoms with E-state index in [0.29, 0.717) is 23.5 Å². The second-order valence-corrected chi connectivity index (χ2v) is 11.4. The van der Waals surface area contributed by atoms with Crippen LogP contribution < -0.4 is 21.7 Å². The van der Waals surface area contributed by atoms with Crippen LogP contribution in [-0.4, -0.2) is 87.2 Å². The quantitative estimate of drug-likeness (QED) is 0.138. The highest BCUT2D eigenvalue weighted by atomic mass is 32.2. The molecule has 0 heterocycles. The summed E-state index contributed by atoms with van der Waals surface area (Å²) < 4.78 is 0. The maximum absolute atomic E-state index is 13.3. The number of carbonyl (C=O) groups is 4. The zero-order chi connectivity index (χ0) is 30.4. The van der Waals surface area contributed by atoms with Crippen LogP contribution in [0, 0.1) is 0 Å². The molecule has 2 rings (SSSR count). The van der Waals surface area contributed by atoms with Gasteiger partial charge in [-0.1, -0.05) is 24.3 Å². The Labute approximate surface area is 248 Å². The van der Waals surface area contributed by atoms with Crippen molar-refractivity contribution in [3.8, 4) is 11.5 Å². The van der Waals surface area contributed by atoms with Crippen molar-refractivity contribution in [1.29, 1.82) is 0 Å². The smallest absolute Gasteiger partial charge is 0.326 e. The summed E-state index contributed by atoms with van der Waals surface area (Å²) in [4.78, 5) is 51.2. The lowest BCUT2D eigenvalue weighted by atomic mass is 10.0. The highest BCUT2D eigenvalue weighted by Crippen LogP contribution is 2.13. The molecule has 3 amide bonds. The van der Waals surface area contributed by atoms with Crippen molar-refractivity contribution in [3.05, 3.63) is 59.7 Å². The Balaban J connectivity index is 2.10. The average molecular weight is 607 g/mol. The molecule has 0 radical (unpaired) electrons. The first-order chi connectivity index (χ1) is 19.5. The molecule has 0 aliphatic carbocycles. The fourth-order valence-corrected chi connectivity index (χ4v) is 4.82. The number of hydrogen-bond donors (Lipinski definition) is 7. The van der Waals surface area contributed by atoms with Gasteiger partial charge in [-0.2, -0.15) is 23.5 Å². The molecule has 0 aliphatic rings. The summed E-state index contributed by atoms with van der Waals surface area (Å²) in [6.07, 6.45) is 4.42. The van der Waals surface area contributed by atoms with Crippen LogP contribution in [0.5, 0.6) is 11.5 Å². The summed E-state index contributed by atoms with van der Waals surface area (Å²) in [5.41, 5.74) is 7.43. The van der Waals surface area contributed by atoms with Gasteiger partial charge in [-0.3, -0.25) is 14.4 Å². The maximum atomic E-state index is 13.3. The van der Waals surface area contributed by atoms with E-state index in [0.717, 1.165) is 5.56 Å². The van der Waals surface area contributed by atoms with E-state index in [4.69, 9.17) is 5.73 Å². The van der Waals surface area contributed by atoms with Gasteiger partial charge in [0.25, 0.3) is 0 Å². The van der Waals surface area contributed by atoms with Crippen LogP contribution in [0.25, 0.3) is 0 Å². The summed E-state index contributed by atoms with van der Waals surface area (Å²) in [6.45, 7) is 0. The number of phenolic OH excluding ortho intramolecular Hbond substituents is 2. The molecule has 13 heteroatoms. The zero-order valence-electron chi connectivity index (χ0n) is 23.0. The summed E-state index contributed by atoms with van der Waals surface area (Å²) in [5, 5.41) is 36.5. The van der Waals surface area contributed by atoms with Gasteiger partial charge in [0.15, 0.2) is 0 Å². The molecule has 0 aliphatic heterocycles. The number of aliphatic carboxylic acids is 1. The average Bonchev–Trinajstić information content (AvgIpc) is 2.94. The van der Waals surface area contributed by atoms with Crippen LogP contribution in [-0.2, 0) is 32.0 Å². The standard InChI is InChI=1S/C28H38N4O7S2/c1-40-13-11-22(30-25(35)21(29)15-17-3-7-19(33)8-4-17)26(36)31-23(12-14-41-2)27(37)32-24(28(38)39)16-18-5-9-20(34)10-6-18/h3-10,21-24,33-34H,11-16,29H2,1-2H3,(H,30,35)(H,31,36)(H,32,37)(H,38,39). The molecule has 0 aromatic heterocycles. The minimum atomic E-state index is -1.26. The molecule has 0 fully saturated rings. The molecule has 224 valence electrons. The fourth-order valence-electron chi connectivity index (χ4n) is 3.88. The topological polar surface area (TPSA) is 191 Å². The molecule has 0 spiro atoms. The number of aromatic hydroxyl groups is 2. The highest BCUT2D eigenvalue weighted by Gasteiger charge is 2.30. The number of nitrogens with two attached hydrogens (primary N) is 1. The Morgan fingerprint density at radius 2 is 1.07 bits per heavy atom. The van der Waals surface area contributed by atoms with Crippen molar-refractivity contribution in [3.63, 3.8) is 0 Å². The van der Waals surface area contributed by atoms with Crippen molar-refractivity contribution in [1.82, 2.24) is 16.0 Å². The zero-order valence-corrected chi connectivity index (χ0v) is 24.7. The molecule has 41 heavy (non-hydrogen) atoms. The normalized spacial score (nSPS) is 13.8. The molecular weight excluding hydrogens is 568 g/mol. The Kier molecular flexibility index (Phi) is 14.3. The van der Waals surface area contributed by atoms with Crippen molar-refractivity contribution in [2.45, 2.75) is 49.9 Å². The van der Waals surface area contributed by atoms with Crippen molar-refractivity contribution in [2.24, 2.45) is 5.73 Å². The number of carboxylic acid groups (broad SMARTS) is 1. The number of hydrogen-bond acceptors (Lipinski definition) is 9. The summed E-state index contributed by atoms with van der Waals surface area (Å²) >= 11 is 2.96. The van der Waals surface area contributed by atoms with Gasteiger partial charge in [0, 0.05) is 6.42 Å². The second-order valence-electron chi connectivity index (χ2n) is 9.43. The third-order valence-corrected chi connectivity index (χ3v) is 7.49. The number of carboxylic acids is 1. The third-order valence-electron chi connectivity index (χ3n) is 6.21. The monoisotopic (exact) mass is 606 g/mol. The van der Waals surface area contributed by atoms with Crippen molar-refractivity contribution in [2.75, 3.05) is 24.0 Å². The largest absolute Gasteiger partial charge is 0.508 e.